The van der Waals surface area contributed by atoms with Crippen molar-refractivity contribution < 1.29 is 27.4 Å². The maximum Gasteiger partial charge on any atom is 0.341 e. The molecule has 0 saturated heterocycles. The molecule has 6 nitrogen and oxygen atoms in total. The molecule has 27 heavy (non-hydrogen) atoms. The van der Waals surface area contributed by atoms with E-state index < -0.39 is 28.4 Å². The molecule has 0 unspecified atom stereocenters. The number of carboxylic acids is 1. The zero-order chi connectivity index (χ0) is 19.8. The number of carboxylic acid groups (broad SMARTS) is 1. The van der Waals surface area contributed by atoms with Gasteiger partial charge in [-0.25, -0.2) is 17.6 Å². The van der Waals surface area contributed by atoms with Gasteiger partial charge in [-0.2, -0.15) is 0 Å². The quantitative estimate of drug-likeness (QED) is 0.844. The van der Waals surface area contributed by atoms with Gasteiger partial charge in [-0.15, -0.1) is 0 Å². The number of para-hydroxylation sites is 1. The van der Waals surface area contributed by atoms with Gasteiger partial charge in [0.1, 0.15) is 11.6 Å². The zero-order valence-electron chi connectivity index (χ0n) is 15.0. The molecule has 0 spiro atoms. The summed E-state index contributed by atoms with van der Waals surface area (Å²) in [7, 11) is -4.04. The second-order valence-corrected chi connectivity index (χ2v) is 8.28. The molecule has 144 valence electrons. The summed E-state index contributed by atoms with van der Waals surface area (Å²) in [4.78, 5) is 10.8. The van der Waals surface area contributed by atoms with Crippen molar-refractivity contribution in [2.24, 2.45) is 0 Å². The van der Waals surface area contributed by atoms with Gasteiger partial charge in [-0.3, -0.25) is 4.31 Å². The van der Waals surface area contributed by atoms with E-state index in [0.717, 1.165) is 4.31 Å². The summed E-state index contributed by atoms with van der Waals surface area (Å²) in [6.45, 7) is 2.86. The molecule has 0 aromatic heterocycles. The Balaban J connectivity index is 2.10. The number of aliphatic carboxylic acids is 1. The van der Waals surface area contributed by atoms with Crippen LogP contribution in [-0.2, 0) is 21.2 Å². The molecule has 2 aromatic rings. The van der Waals surface area contributed by atoms with Gasteiger partial charge < -0.3 is 9.84 Å². The summed E-state index contributed by atoms with van der Waals surface area (Å²) in [6.07, 6.45) is 1.20. The van der Waals surface area contributed by atoms with Crippen LogP contribution in [0, 0.1) is 19.7 Å². The van der Waals surface area contributed by atoms with Crippen molar-refractivity contribution in [2.75, 3.05) is 17.5 Å². The van der Waals surface area contributed by atoms with E-state index in [1.54, 1.807) is 32.0 Å². The molecule has 0 radical (unpaired) electrons. The van der Waals surface area contributed by atoms with Crippen LogP contribution in [0.5, 0.6) is 5.75 Å². The number of aryl methyl sites for hydroxylation is 2. The van der Waals surface area contributed by atoms with Crippen LogP contribution in [0.2, 0.25) is 0 Å². The van der Waals surface area contributed by atoms with E-state index in [1.807, 2.05) is 0 Å². The van der Waals surface area contributed by atoms with Gasteiger partial charge in [-0.1, -0.05) is 18.2 Å². The first-order valence-corrected chi connectivity index (χ1v) is 9.92. The normalized spacial score (nSPS) is 14.0. The van der Waals surface area contributed by atoms with Crippen LogP contribution in [0.4, 0.5) is 10.1 Å². The highest BCUT2D eigenvalue weighted by atomic mass is 32.2. The van der Waals surface area contributed by atoms with E-state index in [2.05, 4.69) is 0 Å². The minimum Gasteiger partial charge on any atom is -0.481 e. The molecule has 2 aromatic carbocycles. The first-order valence-electron chi connectivity index (χ1n) is 8.48. The molecule has 8 heteroatoms. The molecule has 0 bridgehead atoms. The van der Waals surface area contributed by atoms with Crippen LogP contribution in [0.3, 0.4) is 0 Å². The molecule has 0 atom stereocenters. The number of sulfonamides is 1. The lowest BCUT2D eigenvalue weighted by molar-refractivity contribution is -0.139. The zero-order valence-corrected chi connectivity index (χ0v) is 15.8. The van der Waals surface area contributed by atoms with Gasteiger partial charge in [0.2, 0.25) is 0 Å². The lowest BCUT2D eigenvalue weighted by atomic mass is 10.0. The predicted octanol–water partition coefficient (Wildman–Crippen LogP) is 3.05. The second kappa shape index (κ2) is 7.19. The van der Waals surface area contributed by atoms with Crippen LogP contribution in [0.1, 0.15) is 23.1 Å². The Bertz CT molecular complexity index is 1000. The summed E-state index contributed by atoms with van der Waals surface area (Å²) in [5, 5.41) is 8.84. The average molecular weight is 393 g/mol. The number of halogens is 1. The van der Waals surface area contributed by atoms with Gasteiger partial charge in [0.15, 0.2) is 6.61 Å². The van der Waals surface area contributed by atoms with Crippen LogP contribution >= 0.6 is 0 Å². The van der Waals surface area contributed by atoms with Crippen LogP contribution < -0.4 is 9.04 Å². The molecular formula is C19H20FNO5S. The van der Waals surface area contributed by atoms with Crippen LogP contribution in [0.25, 0.3) is 0 Å². The minimum absolute atomic E-state index is 0.0235. The van der Waals surface area contributed by atoms with E-state index in [0.29, 0.717) is 29.5 Å². The first kappa shape index (κ1) is 19.2. The molecule has 0 saturated carbocycles. The van der Waals surface area contributed by atoms with E-state index in [1.165, 1.54) is 12.1 Å². The fraction of sp³-hybridized carbons (Fsp3) is 0.316. The number of anilines is 1. The molecule has 1 aliphatic rings. The molecule has 0 fully saturated rings. The molecule has 0 amide bonds. The maximum atomic E-state index is 14.4. The number of nitrogens with zero attached hydrogens (tertiary/aromatic N) is 1. The number of benzene rings is 2. The summed E-state index contributed by atoms with van der Waals surface area (Å²) < 4.78 is 47.4. The lowest BCUT2D eigenvalue weighted by Crippen LogP contribution is -2.36. The molecule has 1 heterocycles. The van der Waals surface area contributed by atoms with Gasteiger partial charge in [0.25, 0.3) is 10.0 Å². The summed E-state index contributed by atoms with van der Waals surface area (Å²) in [5.74, 6) is -1.53. The standard InChI is InChI=1S/C19H20FNO5S/c1-12-8-9-16(13(2)19(12)26-11-17(22)23)27(24,25)21-10-4-6-14-5-3-7-15(20)18(14)21/h3,5,7-9H,4,6,10-11H2,1-2H3,(H,22,23). The number of carbonyl (C=O) groups is 1. The van der Waals surface area contributed by atoms with Crippen LogP contribution in [0.15, 0.2) is 35.2 Å². The van der Waals surface area contributed by atoms with E-state index in [4.69, 9.17) is 9.84 Å². The highest BCUT2D eigenvalue weighted by Crippen LogP contribution is 2.37. The third kappa shape index (κ3) is 3.49. The Kier molecular flexibility index (Phi) is 5.10. The van der Waals surface area contributed by atoms with Crippen molar-refractivity contribution in [1.29, 1.82) is 0 Å². The maximum absolute atomic E-state index is 14.4. The highest BCUT2D eigenvalue weighted by Gasteiger charge is 2.33. The van der Waals surface area contributed by atoms with E-state index >= 15 is 0 Å². The van der Waals surface area contributed by atoms with Gasteiger partial charge in [0, 0.05) is 12.1 Å². The summed E-state index contributed by atoms with van der Waals surface area (Å²) in [6, 6.07) is 7.55. The predicted molar refractivity (Wildman–Crippen MR) is 98.3 cm³/mol. The Morgan fingerprint density at radius 1 is 1.26 bits per heavy atom. The lowest BCUT2D eigenvalue weighted by Gasteiger charge is -2.31. The van der Waals surface area contributed by atoms with Crippen molar-refractivity contribution >= 4 is 21.7 Å². The van der Waals surface area contributed by atoms with Gasteiger partial charge in [0.05, 0.1) is 10.6 Å². The first-order chi connectivity index (χ1) is 12.7. The van der Waals surface area contributed by atoms with Crippen LogP contribution in [-0.4, -0.2) is 32.6 Å². The van der Waals surface area contributed by atoms with Crippen molar-refractivity contribution in [3.8, 4) is 5.75 Å². The number of fused-ring (bicyclic) bond motifs is 1. The smallest absolute Gasteiger partial charge is 0.341 e. The number of rotatable bonds is 5. The SMILES string of the molecule is Cc1ccc(S(=O)(=O)N2CCCc3cccc(F)c32)c(C)c1OCC(=O)O. The van der Waals surface area contributed by atoms with E-state index in [-0.39, 0.29) is 22.9 Å². The number of hydrogen-bond acceptors (Lipinski definition) is 4. The number of hydrogen-bond donors (Lipinski definition) is 1. The fourth-order valence-corrected chi connectivity index (χ4v) is 5.14. The highest BCUT2D eigenvalue weighted by molar-refractivity contribution is 7.92. The Hall–Kier alpha value is -2.61. The summed E-state index contributed by atoms with van der Waals surface area (Å²) in [5.41, 5.74) is 1.66. The summed E-state index contributed by atoms with van der Waals surface area (Å²) >= 11 is 0. The van der Waals surface area contributed by atoms with Crippen molar-refractivity contribution in [1.82, 2.24) is 0 Å². The Morgan fingerprint density at radius 3 is 2.70 bits per heavy atom. The Morgan fingerprint density at radius 2 is 2.00 bits per heavy atom. The third-order valence-electron chi connectivity index (χ3n) is 4.59. The minimum atomic E-state index is -4.04. The third-order valence-corrected chi connectivity index (χ3v) is 6.53. The largest absolute Gasteiger partial charge is 0.481 e. The van der Waals surface area contributed by atoms with Crippen molar-refractivity contribution in [3.05, 3.63) is 52.8 Å². The number of ether oxygens (including phenoxy) is 1. The van der Waals surface area contributed by atoms with E-state index in [9.17, 15) is 17.6 Å². The molecular weight excluding hydrogens is 373 g/mol. The second-order valence-electron chi connectivity index (χ2n) is 6.45. The van der Waals surface area contributed by atoms with Crippen molar-refractivity contribution in [2.45, 2.75) is 31.6 Å². The van der Waals surface area contributed by atoms with Gasteiger partial charge in [-0.05, 0) is 49.9 Å². The van der Waals surface area contributed by atoms with Gasteiger partial charge >= 0.3 is 5.97 Å². The Labute approximate surface area is 157 Å². The topological polar surface area (TPSA) is 83.9 Å². The average Bonchev–Trinajstić information content (AvgIpc) is 2.61. The molecule has 3 rings (SSSR count). The molecule has 1 aliphatic heterocycles. The molecule has 0 aliphatic carbocycles. The van der Waals surface area contributed by atoms with Crippen molar-refractivity contribution in [3.63, 3.8) is 0 Å². The fourth-order valence-electron chi connectivity index (χ4n) is 3.37. The monoisotopic (exact) mass is 393 g/mol. The molecule has 1 N–H and O–H groups in total.